The molecule has 5 aromatic carbocycles. The maximum atomic E-state index is 5.50. The number of pyridine rings is 2. The number of hydrogen-bond acceptors (Lipinski definition) is 2. The summed E-state index contributed by atoms with van der Waals surface area (Å²) < 4.78 is 2.30. The van der Waals surface area contributed by atoms with Crippen molar-refractivity contribution in [1.29, 1.82) is 0 Å². The van der Waals surface area contributed by atoms with Crippen molar-refractivity contribution >= 4 is 32.7 Å². The predicted octanol–water partition coefficient (Wildman–Crippen LogP) is 12.3. The van der Waals surface area contributed by atoms with E-state index in [1.165, 1.54) is 38.4 Å². The van der Waals surface area contributed by atoms with Gasteiger partial charge in [0.1, 0.15) is 11.5 Å². The van der Waals surface area contributed by atoms with Gasteiger partial charge in [0, 0.05) is 44.6 Å². The SMILES string of the molecule is Cc1[nH]c(-n2c3ccccc3c3ccc(-c4cc(-c5ccccn5)cc(-c5cc(C(C)(C)C)ccc5-c5ccccc5)c4)nc32)c2ccccc12. The largest absolute Gasteiger partial charge is 0.344 e. The fourth-order valence-electron chi connectivity index (χ4n) is 7.46. The van der Waals surface area contributed by atoms with Gasteiger partial charge in [-0.3, -0.25) is 9.55 Å². The highest BCUT2D eigenvalue weighted by Gasteiger charge is 2.21. The summed E-state index contributed by atoms with van der Waals surface area (Å²) in [5.74, 6) is 1.04. The summed E-state index contributed by atoms with van der Waals surface area (Å²) in [4.78, 5) is 14.0. The van der Waals surface area contributed by atoms with Crippen LogP contribution in [0.5, 0.6) is 0 Å². The Morgan fingerprint density at radius 2 is 1.22 bits per heavy atom. The predicted molar refractivity (Wildman–Crippen MR) is 213 cm³/mol. The second-order valence-corrected chi connectivity index (χ2v) is 14.5. The number of para-hydroxylation sites is 1. The minimum Gasteiger partial charge on any atom is -0.344 e. The lowest BCUT2D eigenvalue weighted by atomic mass is 9.82. The molecule has 9 rings (SSSR count). The van der Waals surface area contributed by atoms with Crippen LogP contribution in [-0.4, -0.2) is 19.5 Å². The molecule has 0 spiro atoms. The van der Waals surface area contributed by atoms with Gasteiger partial charge in [0.25, 0.3) is 0 Å². The zero-order chi connectivity index (χ0) is 34.7. The number of nitrogens with zero attached hydrogens (tertiary/aromatic N) is 3. The van der Waals surface area contributed by atoms with Crippen molar-refractivity contribution in [3.05, 3.63) is 163 Å². The van der Waals surface area contributed by atoms with Crippen LogP contribution in [0.1, 0.15) is 32.0 Å². The number of benzene rings is 5. The molecule has 4 heterocycles. The van der Waals surface area contributed by atoms with Gasteiger partial charge in [-0.25, -0.2) is 4.98 Å². The van der Waals surface area contributed by atoms with E-state index in [4.69, 9.17) is 9.97 Å². The van der Waals surface area contributed by atoms with Crippen LogP contribution in [-0.2, 0) is 5.41 Å². The van der Waals surface area contributed by atoms with Crippen molar-refractivity contribution < 1.29 is 0 Å². The summed E-state index contributed by atoms with van der Waals surface area (Å²) in [6.45, 7) is 8.97. The minimum absolute atomic E-state index is 0.00819. The molecule has 1 N–H and O–H groups in total. The average Bonchev–Trinajstić information content (AvgIpc) is 3.68. The molecule has 0 amide bonds. The van der Waals surface area contributed by atoms with E-state index in [2.05, 4.69) is 177 Å². The number of aromatic amines is 1. The standard InChI is InChI=1S/C47H38N4/c1-30-36-16-8-9-18-39(36)45(49-30)51-44-20-11-10-17-38(44)40-23-24-43(50-46(40)51)34-27-32(26-33(28-34)42-19-12-13-25-48-42)41-29-35(47(2,3)4)21-22-37(41)31-14-6-5-7-15-31/h5-29,49H,1-4H3. The number of H-pyrrole nitrogens is 1. The topological polar surface area (TPSA) is 46.5 Å². The molecule has 0 radical (unpaired) electrons. The number of rotatable bonds is 5. The van der Waals surface area contributed by atoms with Crippen molar-refractivity contribution in [2.24, 2.45) is 0 Å². The Hall–Kier alpha value is -6.26. The van der Waals surface area contributed by atoms with E-state index in [9.17, 15) is 0 Å². The lowest BCUT2D eigenvalue weighted by Crippen LogP contribution is -2.11. The Morgan fingerprint density at radius 1 is 0.529 bits per heavy atom. The fraction of sp³-hybridized carbons (Fsp3) is 0.106. The number of nitrogens with one attached hydrogen (secondary N) is 1. The van der Waals surface area contributed by atoms with E-state index < -0.39 is 0 Å². The second-order valence-electron chi connectivity index (χ2n) is 14.5. The lowest BCUT2D eigenvalue weighted by molar-refractivity contribution is 0.590. The molecule has 4 aromatic heterocycles. The van der Waals surface area contributed by atoms with Gasteiger partial charge in [-0.05, 0) is 88.7 Å². The fourth-order valence-corrected chi connectivity index (χ4v) is 7.46. The Bertz CT molecular complexity index is 2730. The summed E-state index contributed by atoms with van der Waals surface area (Å²) in [7, 11) is 0. The molecule has 0 fully saturated rings. The maximum absolute atomic E-state index is 5.50. The van der Waals surface area contributed by atoms with E-state index in [0.717, 1.165) is 56.1 Å². The normalized spacial score (nSPS) is 11.9. The summed E-state index contributed by atoms with van der Waals surface area (Å²) in [5.41, 5.74) is 13.1. The first-order valence-corrected chi connectivity index (χ1v) is 17.6. The Labute approximate surface area is 298 Å². The summed E-state index contributed by atoms with van der Waals surface area (Å²) in [6, 6.07) is 52.1. The molecule has 0 aliphatic heterocycles. The Morgan fingerprint density at radius 3 is 1.98 bits per heavy atom. The first-order valence-electron chi connectivity index (χ1n) is 17.6. The lowest BCUT2D eigenvalue weighted by Gasteiger charge is -2.22. The van der Waals surface area contributed by atoms with Crippen molar-refractivity contribution in [1.82, 2.24) is 19.5 Å². The van der Waals surface area contributed by atoms with Crippen LogP contribution in [0.15, 0.2) is 152 Å². The third-order valence-corrected chi connectivity index (χ3v) is 10.1. The van der Waals surface area contributed by atoms with Crippen LogP contribution in [0.2, 0.25) is 0 Å². The first kappa shape index (κ1) is 30.8. The van der Waals surface area contributed by atoms with Gasteiger partial charge in [-0.15, -0.1) is 0 Å². The van der Waals surface area contributed by atoms with E-state index in [1.54, 1.807) is 0 Å². The zero-order valence-electron chi connectivity index (χ0n) is 29.3. The molecule has 9 aromatic rings. The van der Waals surface area contributed by atoms with Crippen molar-refractivity contribution in [3.8, 4) is 50.6 Å². The van der Waals surface area contributed by atoms with Crippen LogP contribution >= 0.6 is 0 Å². The molecule has 0 aliphatic rings. The molecular formula is C47H38N4. The van der Waals surface area contributed by atoms with Gasteiger partial charge in [-0.2, -0.15) is 0 Å². The molecule has 0 aliphatic carbocycles. The smallest absolute Gasteiger partial charge is 0.147 e. The average molecular weight is 659 g/mol. The Balaban J connectivity index is 1.31. The maximum Gasteiger partial charge on any atom is 0.147 e. The molecule has 51 heavy (non-hydrogen) atoms. The number of hydrogen-bond donors (Lipinski definition) is 1. The first-order chi connectivity index (χ1) is 24.8. The minimum atomic E-state index is -0.00819. The highest BCUT2D eigenvalue weighted by molar-refractivity contribution is 6.09. The highest BCUT2D eigenvalue weighted by Crippen LogP contribution is 2.41. The van der Waals surface area contributed by atoms with Gasteiger partial charge in [0.15, 0.2) is 0 Å². The molecule has 0 atom stereocenters. The van der Waals surface area contributed by atoms with E-state index in [1.807, 2.05) is 12.3 Å². The third kappa shape index (κ3) is 5.32. The molecule has 0 saturated heterocycles. The van der Waals surface area contributed by atoms with Crippen molar-refractivity contribution in [2.75, 3.05) is 0 Å². The van der Waals surface area contributed by atoms with Gasteiger partial charge >= 0.3 is 0 Å². The molecule has 246 valence electrons. The van der Waals surface area contributed by atoms with Crippen LogP contribution in [0, 0.1) is 6.92 Å². The molecular weight excluding hydrogens is 621 g/mol. The van der Waals surface area contributed by atoms with Crippen molar-refractivity contribution in [3.63, 3.8) is 0 Å². The summed E-state index contributed by atoms with van der Waals surface area (Å²) >= 11 is 0. The van der Waals surface area contributed by atoms with Gasteiger partial charge in [0.2, 0.25) is 0 Å². The monoisotopic (exact) mass is 658 g/mol. The van der Waals surface area contributed by atoms with E-state index >= 15 is 0 Å². The molecule has 0 bridgehead atoms. The quantitative estimate of drug-likeness (QED) is 0.200. The van der Waals surface area contributed by atoms with Crippen LogP contribution < -0.4 is 0 Å². The third-order valence-electron chi connectivity index (χ3n) is 10.1. The molecule has 0 saturated carbocycles. The second kappa shape index (κ2) is 12.0. The number of aromatic nitrogens is 4. The van der Waals surface area contributed by atoms with Gasteiger partial charge < -0.3 is 4.98 Å². The Kier molecular flexibility index (Phi) is 7.22. The van der Waals surface area contributed by atoms with Gasteiger partial charge in [-0.1, -0.05) is 118 Å². The van der Waals surface area contributed by atoms with Crippen molar-refractivity contribution in [2.45, 2.75) is 33.1 Å². The zero-order valence-corrected chi connectivity index (χ0v) is 29.3. The van der Waals surface area contributed by atoms with Gasteiger partial charge in [0.05, 0.1) is 16.9 Å². The molecule has 4 heteroatoms. The van der Waals surface area contributed by atoms with Crippen LogP contribution in [0.3, 0.4) is 0 Å². The van der Waals surface area contributed by atoms with Crippen LogP contribution in [0.4, 0.5) is 0 Å². The number of fused-ring (bicyclic) bond motifs is 4. The summed E-state index contributed by atoms with van der Waals surface area (Å²) in [5, 5.41) is 4.69. The highest BCUT2D eigenvalue weighted by atomic mass is 15.1. The van der Waals surface area contributed by atoms with E-state index in [-0.39, 0.29) is 5.41 Å². The summed E-state index contributed by atoms with van der Waals surface area (Å²) in [6.07, 6.45) is 1.86. The van der Waals surface area contributed by atoms with Crippen LogP contribution in [0.25, 0.3) is 83.3 Å². The van der Waals surface area contributed by atoms with E-state index in [0.29, 0.717) is 0 Å². The molecule has 4 nitrogen and oxygen atoms in total. The number of aryl methyl sites for hydroxylation is 1. The molecule has 0 unspecified atom stereocenters.